The number of nitrogens with zero attached hydrogens (tertiary/aromatic N) is 2. The Hall–Kier alpha value is -1.93. The molecule has 1 aromatic heterocycles. The number of rotatable bonds is 6. The van der Waals surface area contributed by atoms with Crippen molar-refractivity contribution in [3.05, 3.63) is 17.0 Å². The van der Waals surface area contributed by atoms with Crippen LogP contribution < -0.4 is 5.32 Å². The minimum absolute atomic E-state index is 0.0551. The van der Waals surface area contributed by atoms with E-state index in [4.69, 9.17) is 19.3 Å². The van der Waals surface area contributed by atoms with E-state index < -0.39 is 0 Å². The van der Waals surface area contributed by atoms with Gasteiger partial charge in [0.1, 0.15) is 0 Å². The predicted octanol–water partition coefficient (Wildman–Crippen LogP) is 2.13. The van der Waals surface area contributed by atoms with Gasteiger partial charge in [0.25, 0.3) is 5.91 Å². The molecular formula is C22H35N3O5. The van der Waals surface area contributed by atoms with Crippen molar-refractivity contribution < 1.29 is 23.8 Å². The number of aromatic nitrogens is 2. The van der Waals surface area contributed by atoms with Crippen LogP contribution in [0.5, 0.6) is 0 Å². The average molecular weight is 422 g/mol. The van der Waals surface area contributed by atoms with Gasteiger partial charge >= 0.3 is 5.97 Å². The number of hydrogen-bond acceptors (Lipinski definition) is 6. The molecule has 30 heavy (non-hydrogen) atoms. The summed E-state index contributed by atoms with van der Waals surface area (Å²) in [5.74, 6) is -0.399. The fraction of sp³-hybridized carbons (Fsp3) is 0.773. The summed E-state index contributed by atoms with van der Waals surface area (Å²) in [5.41, 5.74) is 2.14. The Morgan fingerprint density at radius 1 is 1.27 bits per heavy atom. The molecule has 1 amide bonds. The van der Waals surface area contributed by atoms with Crippen LogP contribution in [0.3, 0.4) is 0 Å². The first-order valence-corrected chi connectivity index (χ1v) is 11.1. The monoisotopic (exact) mass is 421 g/mol. The van der Waals surface area contributed by atoms with Crippen LogP contribution in [0.1, 0.15) is 61.8 Å². The Morgan fingerprint density at radius 3 is 2.80 bits per heavy atom. The molecule has 0 bridgehead atoms. The first-order valence-electron chi connectivity index (χ1n) is 11.1. The second kappa shape index (κ2) is 10.4. The van der Waals surface area contributed by atoms with Crippen molar-refractivity contribution in [3.8, 4) is 0 Å². The molecule has 1 saturated heterocycles. The summed E-state index contributed by atoms with van der Waals surface area (Å²) in [5, 5.41) is 7.78. The summed E-state index contributed by atoms with van der Waals surface area (Å²) < 4.78 is 18.5. The minimum atomic E-state index is -0.320. The van der Waals surface area contributed by atoms with E-state index in [1.165, 1.54) is 0 Å². The highest BCUT2D eigenvalue weighted by atomic mass is 16.5. The number of carbonyl (C=O) groups is 2. The minimum Gasteiger partial charge on any atom is -0.465 e. The zero-order valence-corrected chi connectivity index (χ0v) is 18.5. The van der Waals surface area contributed by atoms with E-state index in [2.05, 4.69) is 19.2 Å². The third kappa shape index (κ3) is 5.82. The van der Waals surface area contributed by atoms with Crippen LogP contribution in [0.25, 0.3) is 0 Å². The highest BCUT2D eigenvalue weighted by Crippen LogP contribution is 2.25. The van der Waals surface area contributed by atoms with E-state index in [1.54, 1.807) is 0 Å². The van der Waals surface area contributed by atoms with Gasteiger partial charge in [0.05, 0.1) is 36.1 Å². The van der Waals surface area contributed by atoms with Crippen molar-refractivity contribution >= 4 is 11.9 Å². The van der Waals surface area contributed by atoms with E-state index >= 15 is 0 Å². The number of fused-ring (bicyclic) bond motifs is 1. The van der Waals surface area contributed by atoms with Gasteiger partial charge in [0.2, 0.25) is 0 Å². The number of aryl methyl sites for hydroxylation is 1. The number of esters is 1. The highest BCUT2D eigenvalue weighted by molar-refractivity contribution is 5.96. The van der Waals surface area contributed by atoms with E-state index in [0.717, 1.165) is 37.1 Å². The van der Waals surface area contributed by atoms with E-state index in [-0.39, 0.29) is 23.2 Å². The van der Waals surface area contributed by atoms with Crippen LogP contribution in [0.2, 0.25) is 0 Å². The SMILES string of the molecule is CCc1nn(CC(C)(C)COC(=O)C2CCOC2)c2c1C(=O)NCCCOCCC2. The number of carbonyl (C=O) groups excluding carboxylic acids is 2. The summed E-state index contributed by atoms with van der Waals surface area (Å²) in [6.07, 6.45) is 3.79. The van der Waals surface area contributed by atoms with Gasteiger partial charge < -0.3 is 19.5 Å². The third-order valence-electron chi connectivity index (χ3n) is 5.59. The number of amides is 1. The molecule has 2 aliphatic heterocycles. The van der Waals surface area contributed by atoms with E-state index in [9.17, 15) is 9.59 Å². The maximum absolute atomic E-state index is 12.9. The lowest BCUT2D eigenvalue weighted by Crippen LogP contribution is -2.31. The Kier molecular flexibility index (Phi) is 7.88. The van der Waals surface area contributed by atoms with Crippen molar-refractivity contribution in [3.63, 3.8) is 0 Å². The van der Waals surface area contributed by atoms with Gasteiger partial charge in [-0.3, -0.25) is 14.3 Å². The zero-order valence-electron chi connectivity index (χ0n) is 18.5. The topological polar surface area (TPSA) is 91.7 Å². The molecule has 1 aromatic rings. The number of hydrogen-bond donors (Lipinski definition) is 1. The Morgan fingerprint density at radius 2 is 2.07 bits per heavy atom. The number of nitrogens with one attached hydrogen (secondary N) is 1. The van der Waals surface area contributed by atoms with Gasteiger partial charge in [-0.2, -0.15) is 5.10 Å². The average Bonchev–Trinajstić information content (AvgIpc) is 3.35. The summed E-state index contributed by atoms with van der Waals surface area (Å²) in [7, 11) is 0. The Bertz CT molecular complexity index is 737. The molecule has 0 aliphatic carbocycles. The van der Waals surface area contributed by atoms with Crippen LogP contribution in [0, 0.1) is 11.3 Å². The Balaban J connectivity index is 1.75. The second-order valence-electron chi connectivity index (χ2n) is 8.94. The number of ether oxygens (including phenoxy) is 3. The first kappa shape index (κ1) is 22.7. The summed E-state index contributed by atoms with van der Waals surface area (Å²) in [6.45, 7) is 9.99. The third-order valence-corrected chi connectivity index (χ3v) is 5.59. The van der Waals surface area contributed by atoms with Gasteiger partial charge in [-0.15, -0.1) is 0 Å². The fourth-order valence-corrected chi connectivity index (χ4v) is 3.91. The van der Waals surface area contributed by atoms with Crippen LogP contribution >= 0.6 is 0 Å². The van der Waals surface area contributed by atoms with Gasteiger partial charge in [0, 0.05) is 38.3 Å². The van der Waals surface area contributed by atoms with Crippen LogP contribution in [0.15, 0.2) is 0 Å². The molecule has 1 fully saturated rings. The summed E-state index contributed by atoms with van der Waals surface area (Å²) in [4.78, 5) is 25.1. The largest absolute Gasteiger partial charge is 0.465 e. The molecule has 8 heteroatoms. The lowest BCUT2D eigenvalue weighted by Gasteiger charge is -2.26. The standard InChI is InChI=1S/C22H35N3O5/c1-4-17-19-18(7-5-10-28-11-6-9-23-20(19)26)25(24-17)14-22(2,3)15-30-21(27)16-8-12-29-13-16/h16H,4-15H2,1-3H3,(H,23,26). The molecule has 8 nitrogen and oxygen atoms in total. The van der Waals surface area contributed by atoms with Crippen molar-refractivity contribution in [2.75, 3.05) is 39.6 Å². The van der Waals surface area contributed by atoms with Crippen LogP contribution in [-0.2, 0) is 38.4 Å². The van der Waals surface area contributed by atoms with Gasteiger partial charge in [-0.05, 0) is 32.1 Å². The van der Waals surface area contributed by atoms with Crippen LogP contribution in [-0.4, -0.2) is 61.2 Å². The molecular weight excluding hydrogens is 386 g/mol. The molecule has 0 spiro atoms. The maximum atomic E-state index is 12.9. The molecule has 3 heterocycles. The first-order chi connectivity index (χ1) is 14.4. The van der Waals surface area contributed by atoms with Crippen molar-refractivity contribution in [1.82, 2.24) is 15.1 Å². The van der Waals surface area contributed by atoms with Crippen molar-refractivity contribution in [2.45, 2.75) is 59.4 Å². The molecule has 168 valence electrons. The lowest BCUT2D eigenvalue weighted by molar-refractivity contribution is -0.151. The molecule has 0 radical (unpaired) electrons. The lowest BCUT2D eigenvalue weighted by atomic mass is 9.94. The van der Waals surface area contributed by atoms with E-state index in [1.807, 2.05) is 11.6 Å². The molecule has 1 atom stereocenters. The smallest absolute Gasteiger partial charge is 0.311 e. The molecule has 3 rings (SSSR count). The summed E-state index contributed by atoms with van der Waals surface area (Å²) in [6, 6.07) is 0. The Labute approximate surface area is 178 Å². The van der Waals surface area contributed by atoms with Crippen molar-refractivity contribution in [2.24, 2.45) is 11.3 Å². The quantitative estimate of drug-likeness (QED) is 0.708. The van der Waals surface area contributed by atoms with E-state index in [0.29, 0.717) is 58.1 Å². The molecule has 0 saturated carbocycles. The molecule has 1 N–H and O–H groups in total. The zero-order chi connectivity index (χ0) is 21.6. The van der Waals surface area contributed by atoms with Gasteiger partial charge in [0.15, 0.2) is 0 Å². The molecule has 0 aromatic carbocycles. The fourth-order valence-electron chi connectivity index (χ4n) is 3.91. The predicted molar refractivity (Wildman–Crippen MR) is 111 cm³/mol. The molecule has 2 aliphatic rings. The highest BCUT2D eigenvalue weighted by Gasteiger charge is 2.30. The maximum Gasteiger partial charge on any atom is 0.311 e. The normalized spacial score (nSPS) is 20.9. The molecule has 1 unspecified atom stereocenters. The summed E-state index contributed by atoms with van der Waals surface area (Å²) >= 11 is 0. The van der Waals surface area contributed by atoms with Gasteiger partial charge in [-0.25, -0.2) is 0 Å². The van der Waals surface area contributed by atoms with Crippen molar-refractivity contribution in [1.29, 1.82) is 0 Å². The van der Waals surface area contributed by atoms with Crippen LogP contribution in [0.4, 0.5) is 0 Å². The second-order valence-corrected chi connectivity index (χ2v) is 8.94. The van der Waals surface area contributed by atoms with Gasteiger partial charge in [-0.1, -0.05) is 20.8 Å².